The van der Waals surface area contributed by atoms with E-state index in [0.717, 1.165) is 6.42 Å². The van der Waals surface area contributed by atoms with E-state index in [1.165, 1.54) is 0 Å². The Labute approximate surface area is 88.3 Å². The van der Waals surface area contributed by atoms with Crippen molar-refractivity contribution in [2.75, 3.05) is 13.7 Å². The van der Waals surface area contributed by atoms with Crippen LogP contribution in [0.5, 0.6) is 0 Å². The van der Waals surface area contributed by atoms with E-state index >= 15 is 0 Å². The van der Waals surface area contributed by atoms with Gasteiger partial charge in [0.15, 0.2) is 0 Å². The molecular weight excluding hydrogens is 176 g/mol. The summed E-state index contributed by atoms with van der Waals surface area (Å²) >= 11 is 0. The first-order valence-electron chi connectivity index (χ1n) is 5.54. The number of hydrogen-bond acceptors (Lipinski definition) is 3. The Hall–Kier alpha value is -0.120. The standard InChI is InChI=1S/C11H26N2O/c1-6-9(4)13(5)10(7-14)11(12)8(2)3/h8-11,14H,6-7,12H2,1-5H3. The van der Waals surface area contributed by atoms with Crippen LogP contribution in [-0.2, 0) is 0 Å². The van der Waals surface area contributed by atoms with Gasteiger partial charge in [0.25, 0.3) is 0 Å². The zero-order valence-corrected chi connectivity index (χ0v) is 10.2. The van der Waals surface area contributed by atoms with Crippen molar-refractivity contribution in [3.05, 3.63) is 0 Å². The molecule has 3 unspecified atom stereocenters. The zero-order chi connectivity index (χ0) is 11.3. The van der Waals surface area contributed by atoms with Gasteiger partial charge in [0.1, 0.15) is 0 Å². The minimum atomic E-state index is 0.0407. The molecule has 0 aromatic rings. The predicted octanol–water partition coefficient (Wildman–Crippen LogP) is 1.06. The Bertz CT molecular complexity index is 150. The molecule has 0 fully saturated rings. The molecule has 0 bridgehead atoms. The number of aliphatic hydroxyl groups excluding tert-OH is 1. The molecule has 86 valence electrons. The molecule has 0 aliphatic carbocycles. The van der Waals surface area contributed by atoms with Crippen molar-refractivity contribution >= 4 is 0 Å². The summed E-state index contributed by atoms with van der Waals surface area (Å²) in [6.07, 6.45) is 1.08. The summed E-state index contributed by atoms with van der Waals surface area (Å²) in [7, 11) is 2.04. The highest BCUT2D eigenvalue weighted by atomic mass is 16.3. The van der Waals surface area contributed by atoms with Crippen molar-refractivity contribution in [3.63, 3.8) is 0 Å². The second-order valence-electron chi connectivity index (χ2n) is 4.49. The van der Waals surface area contributed by atoms with Crippen LogP contribution < -0.4 is 5.73 Å². The van der Waals surface area contributed by atoms with Crippen LogP contribution in [-0.4, -0.2) is 41.8 Å². The van der Waals surface area contributed by atoms with E-state index in [1.54, 1.807) is 0 Å². The topological polar surface area (TPSA) is 49.5 Å². The van der Waals surface area contributed by atoms with E-state index in [1.807, 2.05) is 7.05 Å². The van der Waals surface area contributed by atoms with Gasteiger partial charge in [-0.1, -0.05) is 20.8 Å². The highest BCUT2D eigenvalue weighted by Crippen LogP contribution is 2.13. The van der Waals surface area contributed by atoms with Gasteiger partial charge in [-0.25, -0.2) is 0 Å². The molecule has 0 aliphatic heterocycles. The van der Waals surface area contributed by atoms with E-state index in [9.17, 15) is 5.11 Å². The molecular formula is C11H26N2O. The molecule has 3 N–H and O–H groups in total. The van der Waals surface area contributed by atoms with Crippen molar-refractivity contribution in [1.82, 2.24) is 4.90 Å². The molecule has 3 nitrogen and oxygen atoms in total. The molecule has 0 rings (SSSR count). The molecule has 3 heteroatoms. The summed E-state index contributed by atoms with van der Waals surface area (Å²) in [4.78, 5) is 2.19. The van der Waals surface area contributed by atoms with Crippen molar-refractivity contribution in [2.24, 2.45) is 11.7 Å². The third kappa shape index (κ3) is 3.56. The summed E-state index contributed by atoms with van der Waals surface area (Å²) in [6.45, 7) is 8.64. The Morgan fingerprint density at radius 1 is 1.29 bits per heavy atom. The van der Waals surface area contributed by atoms with Crippen LogP contribution in [0.15, 0.2) is 0 Å². The Kier molecular flexibility index (Phi) is 6.33. The van der Waals surface area contributed by atoms with E-state index in [2.05, 4.69) is 32.6 Å². The van der Waals surface area contributed by atoms with Crippen molar-refractivity contribution in [3.8, 4) is 0 Å². The van der Waals surface area contributed by atoms with Gasteiger partial charge >= 0.3 is 0 Å². The first kappa shape index (κ1) is 13.9. The lowest BCUT2D eigenvalue weighted by Crippen LogP contribution is -2.53. The quantitative estimate of drug-likeness (QED) is 0.677. The SMILES string of the molecule is CCC(C)N(C)C(CO)C(N)C(C)C. The highest BCUT2D eigenvalue weighted by Gasteiger charge is 2.26. The van der Waals surface area contributed by atoms with Gasteiger partial charge in [0.05, 0.1) is 6.61 Å². The minimum absolute atomic E-state index is 0.0407. The molecule has 14 heavy (non-hydrogen) atoms. The lowest BCUT2D eigenvalue weighted by Gasteiger charge is -2.36. The van der Waals surface area contributed by atoms with E-state index in [0.29, 0.717) is 12.0 Å². The highest BCUT2D eigenvalue weighted by molar-refractivity contribution is 4.84. The Morgan fingerprint density at radius 3 is 2.07 bits per heavy atom. The number of aliphatic hydroxyl groups is 1. The van der Waals surface area contributed by atoms with Crippen LogP contribution in [0.1, 0.15) is 34.1 Å². The maximum absolute atomic E-state index is 9.34. The summed E-state index contributed by atoms with van der Waals surface area (Å²) in [6, 6.07) is 0.584. The second-order valence-corrected chi connectivity index (χ2v) is 4.49. The summed E-state index contributed by atoms with van der Waals surface area (Å²) in [5, 5.41) is 9.34. The lowest BCUT2D eigenvalue weighted by molar-refractivity contribution is 0.0835. The van der Waals surface area contributed by atoms with Gasteiger partial charge in [-0.2, -0.15) is 0 Å². The Balaban J connectivity index is 4.38. The van der Waals surface area contributed by atoms with Crippen LogP contribution >= 0.6 is 0 Å². The number of nitrogens with zero attached hydrogens (tertiary/aromatic N) is 1. The largest absolute Gasteiger partial charge is 0.395 e. The smallest absolute Gasteiger partial charge is 0.0602 e. The van der Waals surface area contributed by atoms with Gasteiger partial charge in [0.2, 0.25) is 0 Å². The van der Waals surface area contributed by atoms with Gasteiger partial charge in [-0.3, -0.25) is 4.90 Å². The van der Waals surface area contributed by atoms with E-state index < -0.39 is 0 Å². The fourth-order valence-electron chi connectivity index (χ4n) is 1.58. The average Bonchev–Trinajstić information content (AvgIpc) is 2.17. The van der Waals surface area contributed by atoms with Crippen molar-refractivity contribution in [2.45, 2.75) is 52.2 Å². The molecule has 0 aliphatic rings. The third-order valence-electron chi connectivity index (χ3n) is 3.21. The lowest BCUT2D eigenvalue weighted by atomic mass is 9.96. The molecule has 0 spiro atoms. The van der Waals surface area contributed by atoms with Gasteiger partial charge in [-0.15, -0.1) is 0 Å². The fourth-order valence-corrected chi connectivity index (χ4v) is 1.58. The number of nitrogens with two attached hydrogens (primary N) is 1. The number of hydrogen-bond donors (Lipinski definition) is 2. The van der Waals surface area contributed by atoms with E-state index in [4.69, 9.17) is 5.73 Å². The molecule has 0 saturated heterocycles. The third-order valence-corrected chi connectivity index (χ3v) is 3.21. The van der Waals surface area contributed by atoms with Gasteiger partial charge in [-0.05, 0) is 26.3 Å². The van der Waals surface area contributed by atoms with Crippen LogP contribution in [0, 0.1) is 5.92 Å². The molecule has 0 radical (unpaired) electrons. The van der Waals surface area contributed by atoms with Crippen molar-refractivity contribution < 1.29 is 5.11 Å². The average molecular weight is 202 g/mol. The van der Waals surface area contributed by atoms with Gasteiger partial charge < -0.3 is 10.8 Å². The number of rotatable bonds is 6. The van der Waals surface area contributed by atoms with Crippen LogP contribution in [0.4, 0.5) is 0 Å². The normalized spacial score (nSPS) is 18.6. The van der Waals surface area contributed by atoms with Crippen LogP contribution in [0.3, 0.4) is 0 Å². The van der Waals surface area contributed by atoms with E-state index in [-0.39, 0.29) is 18.7 Å². The molecule has 3 atom stereocenters. The monoisotopic (exact) mass is 202 g/mol. The van der Waals surface area contributed by atoms with Crippen LogP contribution in [0.25, 0.3) is 0 Å². The molecule has 0 amide bonds. The molecule has 0 aromatic carbocycles. The summed E-state index contributed by atoms with van der Waals surface area (Å²) in [5.74, 6) is 0.402. The molecule has 0 aromatic heterocycles. The van der Waals surface area contributed by atoms with Crippen LogP contribution in [0.2, 0.25) is 0 Å². The predicted molar refractivity (Wildman–Crippen MR) is 61.2 cm³/mol. The number of likely N-dealkylation sites (N-methyl/N-ethyl adjacent to an activating group) is 1. The summed E-state index contributed by atoms with van der Waals surface area (Å²) in [5.41, 5.74) is 6.06. The molecule has 0 heterocycles. The fraction of sp³-hybridized carbons (Fsp3) is 1.00. The molecule has 0 saturated carbocycles. The van der Waals surface area contributed by atoms with Crippen molar-refractivity contribution in [1.29, 1.82) is 0 Å². The van der Waals surface area contributed by atoms with Gasteiger partial charge in [0, 0.05) is 18.1 Å². The second kappa shape index (κ2) is 6.38. The minimum Gasteiger partial charge on any atom is -0.395 e. The first-order valence-corrected chi connectivity index (χ1v) is 5.54. The first-order chi connectivity index (χ1) is 6.45. The summed E-state index contributed by atoms with van der Waals surface area (Å²) < 4.78 is 0. The maximum Gasteiger partial charge on any atom is 0.0602 e. The Morgan fingerprint density at radius 2 is 1.79 bits per heavy atom. The zero-order valence-electron chi connectivity index (χ0n) is 10.2. The maximum atomic E-state index is 9.34.